The van der Waals surface area contributed by atoms with E-state index in [1.54, 1.807) is 9.80 Å². The highest BCUT2D eigenvalue weighted by molar-refractivity contribution is 5.69. The molecule has 27 heavy (non-hydrogen) atoms. The van der Waals surface area contributed by atoms with Gasteiger partial charge in [-0.1, -0.05) is 30.3 Å². The van der Waals surface area contributed by atoms with Gasteiger partial charge in [0, 0.05) is 38.3 Å². The van der Waals surface area contributed by atoms with E-state index in [4.69, 9.17) is 9.47 Å². The number of hydrogen-bond acceptors (Lipinski definition) is 5. The standard InChI is InChI=1S/C20H29N3O4/c1-20(2,3)27-19(25)23-12-17(13-23)21-16-9-10-22(11-16)18(24)26-14-15-7-5-4-6-8-15/h4-8,16-17,21H,9-14H2,1-3H3/t16-/m0/s1. The maximum absolute atomic E-state index is 12.2. The van der Waals surface area contributed by atoms with E-state index < -0.39 is 5.60 Å². The number of benzene rings is 1. The predicted molar refractivity (Wildman–Crippen MR) is 101 cm³/mol. The van der Waals surface area contributed by atoms with Crippen LogP contribution in [0.2, 0.25) is 0 Å². The van der Waals surface area contributed by atoms with E-state index in [0.29, 0.717) is 32.8 Å². The van der Waals surface area contributed by atoms with Gasteiger partial charge in [-0.05, 0) is 32.8 Å². The van der Waals surface area contributed by atoms with Crippen molar-refractivity contribution in [3.63, 3.8) is 0 Å². The van der Waals surface area contributed by atoms with Gasteiger partial charge in [0.15, 0.2) is 0 Å². The van der Waals surface area contributed by atoms with Crippen LogP contribution in [0.25, 0.3) is 0 Å². The molecule has 0 unspecified atom stereocenters. The van der Waals surface area contributed by atoms with Crippen LogP contribution in [-0.2, 0) is 16.1 Å². The zero-order valence-electron chi connectivity index (χ0n) is 16.3. The van der Waals surface area contributed by atoms with Crippen molar-refractivity contribution in [3.05, 3.63) is 35.9 Å². The van der Waals surface area contributed by atoms with Crippen molar-refractivity contribution in [2.75, 3.05) is 26.2 Å². The lowest BCUT2D eigenvalue weighted by atomic mass is 10.1. The van der Waals surface area contributed by atoms with Crippen LogP contribution >= 0.6 is 0 Å². The van der Waals surface area contributed by atoms with Gasteiger partial charge in [-0.25, -0.2) is 9.59 Å². The number of hydrogen-bond donors (Lipinski definition) is 1. The summed E-state index contributed by atoms with van der Waals surface area (Å²) >= 11 is 0. The first-order valence-electron chi connectivity index (χ1n) is 9.50. The molecule has 1 N–H and O–H groups in total. The highest BCUT2D eigenvalue weighted by Gasteiger charge is 2.36. The summed E-state index contributed by atoms with van der Waals surface area (Å²) in [4.78, 5) is 27.6. The van der Waals surface area contributed by atoms with Crippen LogP contribution in [0, 0.1) is 0 Å². The monoisotopic (exact) mass is 375 g/mol. The minimum atomic E-state index is -0.471. The third kappa shape index (κ3) is 5.60. The summed E-state index contributed by atoms with van der Waals surface area (Å²) in [5, 5.41) is 3.52. The second-order valence-electron chi connectivity index (χ2n) is 8.22. The van der Waals surface area contributed by atoms with Crippen LogP contribution in [0.3, 0.4) is 0 Å². The molecule has 0 radical (unpaired) electrons. The SMILES string of the molecule is CC(C)(C)OC(=O)N1CC(N[C@H]2CCN(C(=O)OCc3ccccc3)C2)C1. The number of carbonyl (C=O) groups excluding carboxylic acids is 2. The number of nitrogens with one attached hydrogen (secondary N) is 1. The second-order valence-corrected chi connectivity index (χ2v) is 8.22. The Labute approximate surface area is 160 Å². The van der Waals surface area contributed by atoms with Crippen LogP contribution in [0.15, 0.2) is 30.3 Å². The quantitative estimate of drug-likeness (QED) is 0.876. The number of ether oxygens (including phenoxy) is 2. The predicted octanol–water partition coefficient (Wildman–Crippen LogP) is 2.61. The number of amides is 2. The molecule has 0 aliphatic carbocycles. The molecule has 1 aromatic rings. The molecule has 2 aliphatic rings. The lowest BCUT2D eigenvalue weighted by Gasteiger charge is -2.41. The molecule has 2 aliphatic heterocycles. The third-order valence-electron chi connectivity index (χ3n) is 4.66. The Bertz CT molecular complexity index is 653. The Hall–Kier alpha value is -2.28. The molecule has 2 saturated heterocycles. The number of nitrogens with zero attached hydrogens (tertiary/aromatic N) is 2. The zero-order valence-corrected chi connectivity index (χ0v) is 16.3. The lowest BCUT2D eigenvalue weighted by Crippen LogP contribution is -2.62. The largest absolute Gasteiger partial charge is 0.445 e. The number of likely N-dealkylation sites (tertiary alicyclic amines) is 2. The van der Waals surface area contributed by atoms with Gasteiger partial charge in [-0.3, -0.25) is 0 Å². The summed E-state index contributed by atoms with van der Waals surface area (Å²) in [5.41, 5.74) is 0.512. The fourth-order valence-electron chi connectivity index (χ4n) is 3.27. The van der Waals surface area contributed by atoms with Crippen LogP contribution in [0.4, 0.5) is 9.59 Å². The average molecular weight is 375 g/mol. The van der Waals surface area contributed by atoms with Gasteiger partial charge >= 0.3 is 12.2 Å². The summed E-state index contributed by atoms with van der Waals surface area (Å²) in [6.07, 6.45) is 0.355. The molecule has 2 fully saturated rings. The van der Waals surface area contributed by atoms with Crippen molar-refractivity contribution in [1.82, 2.24) is 15.1 Å². The van der Waals surface area contributed by atoms with Crippen molar-refractivity contribution < 1.29 is 19.1 Å². The van der Waals surface area contributed by atoms with E-state index >= 15 is 0 Å². The van der Waals surface area contributed by atoms with Crippen molar-refractivity contribution in [2.45, 2.75) is 51.5 Å². The first kappa shape index (κ1) is 19.5. The molecule has 1 aromatic carbocycles. The maximum Gasteiger partial charge on any atom is 0.410 e. The first-order chi connectivity index (χ1) is 12.8. The Morgan fingerprint density at radius 2 is 1.70 bits per heavy atom. The third-order valence-corrected chi connectivity index (χ3v) is 4.66. The topological polar surface area (TPSA) is 71.1 Å². The highest BCUT2D eigenvalue weighted by atomic mass is 16.6. The zero-order chi connectivity index (χ0) is 19.4. The minimum Gasteiger partial charge on any atom is -0.445 e. The fourth-order valence-corrected chi connectivity index (χ4v) is 3.27. The second kappa shape index (κ2) is 8.17. The molecule has 2 heterocycles. The molecule has 7 heteroatoms. The van der Waals surface area contributed by atoms with E-state index in [1.807, 2.05) is 51.1 Å². The van der Waals surface area contributed by atoms with Crippen LogP contribution in [0.5, 0.6) is 0 Å². The van der Waals surface area contributed by atoms with Crippen molar-refractivity contribution in [3.8, 4) is 0 Å². The van der Waals surface area contributed by atoms with Gasteiger partial charge in [-0.15, -0.1) is 0 Å². The van der Waals surface area contributed by atoms with E-state index in [-0.39, 0.29) is 24.3 Å². The highest BCUT2D eigenvalue weighted by Crippen LogP contribution is 2.18. The normalized spacial score (nSPS) is 20.3. The lowest BCUT2D eigenvalue weighted by molar-refractivity contribution is 0.00429. The van der Waals surface area contributed by atoms with E-state index in [9.17, 15) is 9.59 Å². The summed E-state index contributed by atoms with van der Waals surface area (Å²) in [6.45, 7) is 8.50. The molecule has 3 rings (SSSR count). The molecule has 0 saturated carbocycles. The minimum absolute atomic E-state index is 0.236. The van der Waals surface area contributed by atoms with Crippen LogP contribution < -0.4 is 5.32 Å². The van der Waals surface area contributed by atoms with Gasteiger partial charge in [0.1, 0.15) is 12.2 Å². The molecule has 7 nitrogen and oxygen atoms in total. The molecule has 2 amide bonds. The van der Waals surface area contributed by atoms with Crippen molar-refractivity contribution >= 4 is 12.2 Å². The fraction of sp³-hybridized carbons (Fsp3) is 0.600. The smallest absolute Gasteiger partial charge is 0.410 e. The Morgan fingerprint density at radius 1 is 1.04 bits per heavy atom. The van der Waals surface area contributed by atoms with Gasteiger partial charge in [-0.2, -0.15) is 0 Å². The van der Waals surface area contributed by atoms with Gasteiger partial charge < -0.3 is 24.6 Å². The Morgan fingerprint density at radius 3 is 2.37 bits per heavy atom. The average Bonchev–Trinajstić information content (AvgIpc) is 3.03. The molecule has 0 spiro atoms. The molecular weight excluding hydrogens is 346 g/mol. The van der Waals surface area contributed by atoms with Gasteiger partial charge in [0.05, 0.1) is 0 Å². The van der Waals surface area contributed by atoms with E-state index in [2.05, 4.69) is 5.32 Å². The summed E-state index contributed by atoms with van der Waals surface area (Å²) < 4.78 is 10.8. The first-order valence-corrected chi connectivity index (χ1v) is 9.50. The number of rotatable bonds is 4. The summed E-state index contributed by atoms with van der Waals surface area (Å²) in [7, 11) is 0. The van der Waals surface area contributed by atoms with Crippen LogP contribution in [-0.4, -0.2) is 65.9 Å². The van der Waals surface area contributed by atoms with Crippen molar-refractivity contribution in [2.24, 2.45) is 0 Å². The molecule has 0 aromatic heterocycles. The Kier molecular flexibility index (Phi) is 5.89. The van der Waals surface area contributed by atoms with Crippen molar-refractivity contribution in [1.29, 1.82) is 0 Å². The summed E-state index contributed by atoms with van der Waals surface area (Å²) in [5.74, 6) is 0. The van der Waals surface area contributed by atoms with Crippen LogP contribution in [0.1, 0.15) is 32.8 Å². The van der Waals surface area contributed by atoms with Gasteiger partial charge in [0.25, 0.3) is 0 Å². The van der Waals surface area contributed by atoms with E-state index in [1.165, 1.54) is 0 Å². The molecule has 1 atom stereocenters. The molecule has 0 bridgehead atoms. The molecule has 148 valence electrons. The molecular formula is C20H29N3O4. The summed E-state index contributed by atoms with van der Waals surface area (Å²) in [6, 6.07) is 10.2. The Balaban J connectivity index is 1.34. The van der Waals surface area contributed by atoms with Gasteiger partial charge in [0.2, 0.25) is 0 Å². The van der Waals surface area contributed by atoms with E-state index in [0.717, 1.165) is 12.0 Å². The number of carbonyl (C=O) groups is 2. The maximum atomic E-state index is 12.2.